The number of rotatable bonds is 6. The number of carbonyl (C=O) groups is 2. The van der Waals surface area contributed by atoms with Gasteiger partial charge in [0.05, 0.1) is 14.2 Å². The zero-order chi connectivity index (χ0) is 19.3. The van der Waals surface area contributed by atoms with Crippen LogP contribution in [-0.4, -0.2) is 32.2 Å². The van der Waals surface area contributed by atoms with Gasteiger partial charge >= 0.3 is 5.97 Å². The van der Waals surface area contributed by atoms with E-state index in [1.165, 1.54) is 21.1 Å². The van der Waals surface area contributed by atoms with Gasteiger partial charge in [0.15, 0.2) is 6.10 Å². The van der Waals surface area contributed by atoms with E-state index in [2.05, 4.69) is 5.32 Å². The Bertz CT molecular complexity index is 794. The first-order valence-corrected chi connectivity index (χ1v) is 8.17. The van der Waals surface area contributed by atoms with Gasteiger partial charge in [-0.3, -0.25) is 4.79 Å². The molecule has 0 fully saturated rings. The number of nitrogens with one attached hydrogen (secondary N) is 1. The third-order valence-electron chi connectivity index (χ3n) is 3.92. The molecule has 0 aliphatic heterocycles. The zero-order valence-electron chi connectivity index (χ0n) is 15.6. The number of carbonyl (C=O) groups excluding carboxylic acids is 2. The van der Waals surface area contributed by atoms with E-state index in [0.29, 0.717) is 17.2 Å². The molecule has 0 aromatic heterocycles. The lowest BCUT2D eigenvalue weighted by atomic mass is 10.1. The molecule has 0 aliphatic rings. The lowest BCUT2D eigenvalue weighted by Crippen LogP contribution is -2.30. The Balaban J connectivity index is 2.13. The summed E-state index contributed by atoms with van der Waals surface area (Å²) in [6.45, 7) is 5.39. The highest BCUT2D eigenvalue weighted by Gasteiger charge is 2.24. The van der Waals surface area contributed by atoms with Crippen molar-refractivity contribution in [3.05, 3.63) is 53.1 Å². The van der Waals surface area contributed by atoms with Gasteiger partial charge in [-0.25, -0.2) is 4.79 Å². The van der Waals surface area contributed by atoms with Crippen LogP contribution in [0.2, 0.25) is 0 Å². The summed E-state index contributed by atoms with van der Waals surface area (Å²) < 4.78 is 15.7. The standard InChI is InChI=1S/C20H23NO5/c1-12-9-10-15(13(2)11-12)21-19(22)14(3)26-20(23)18-16(24-4)7-6-8-17(18)25-5/h6-11,14H,1-5H3,(H,21,22). The minimum absolute atomic E-state index is 0.142. The molecule has 2 aromatic rings. The highest BCUT2D eigenvalue weighted by Crippen LogP contribution is 2.29. The average Bonchev–Trinajstić information content (AvgIpc) is 2.62. The van der Waals surface area contributed by atoms with Crippen molar-refractivity contribution in [2.24, 2.45) is 0 Å². The van der Waals surface area contributed by atoms with Gasteiger partial charge in [-0.15, -0.1) is 0 Å². The first-order valence-electron chi connectivity index (χ1n) is 8.17. The maximum Gasteiger partial charge on any atom is 0.346 e. The van der Waals surface area contributed by atoms with Crippen LogP contribution in [-0.2, 0) is 9.53 Å². The van der Waals surface area contributed by atoms with Crippen molar-refractivity contribution < 1.29 is 23.8 Å². The van der Waals surface area contributed by atoms with Gasteiger partial charge in [0.25, 0.3) is 5.91 Å². The van der Waals surface area contributed by atoms with Crippen LogP contribution in [0, 0.1) is 13.8 Å². The van der Waals surface area contributed by atoms with Gasteiger partial charge in [-0.05, 0) is 44.5 Å². The van der Waals surface area contributed by atoms with Crippen molar-refractivity contribution in [1.29, 1.82) is 0 Å². The number of hydrogen-bond donors (Lipinski definition) is 1. The molecule has 1 amide bonds. The van der Waals surface area contributed by atoms with Crippen LogP contribution in [0.1, 0.15) is 28.4 Å². The molecule has 2 aromatic carbocycles. The Labute approximate surface area is 153 Å². The van der Waals surface area contributed by atoms with Crippen LogP contribution in [0.25, 0.3) is 0 Å². The maximum atomic E-state index is 12.5. The second-order valence-electron chi connectivity index (χ2n) is 5.89. The number of aryl methyl sites for hydroxylation is 2. The van der Waals surface area contributed by atoms with Crippen molar-refractivity contribution in [2.75, 3.05) is 19.5 Å². The summed E-state index contributed by atoms with van der Waals surface area (Å²) in [4.78, 5) is 24.9. The van der Waals surface area contributed by atoms with E-state index in [9.17, 15) is 9.59 Å². The second kappa shape index (κ2) is 8.38. The van der Waals surface area contributed by atoms with Crippen molar-refractivity contribution in [2.45, 2.75) is 26.9 Å². The first kappa shape index (κ1) is 19.3. The lowest BCUT2D eigenvalue weighted by Gasteiger charge is -2.17. The topological polar surface area (TPSA) is 73.9 Å². The quantitative estimate of drug-likeness (QED) is 0.801. The fourth-order valence-corrected chi connectivity index (χ4v) is 2.51. The van der Waals surface area contributed by atoms with Gasteiger partial charge in [-0.1, -0.05) is 23.8 Å². The number of amides is 1. The molecule has 2 rings (SSSR count). The number of benzene rings is 2. The Morgan fingerprint density at radius 2 is 1.62 bits per heavy atom. The summed E-state index contributed by atoms with van der Waals surface area (Å²) in [5, 5.41) is 2.77. The third-order valence-corrected chi connectivity index (χ3v) is 3.92. The Kier molecular flexibility index (Phi) is 6.22. The zero-order valence-corrected chi connectivity index (χ0v) is 15.6. The van der Waals surface area contributed by atoms with Crippen LogP contribution in [0.4, 0.5) is 5.69 Å². The molecule has 1 N–H and O–H groups in total. The Hall–Kier alpha value is -3.02. The molecule has 0 spiro atoms. The summed E-state index contributed by atoms with van der Waals surface area (Å²) in [6.07, 6.45) is -0.988. The van der Waals surface area contributed by atoms with E-state index in [1.807, 2.05) is 32.0 Å². The molecule has 138 valence electrons. The van der Waals surface area contributed by atoms with Crippen LogP contribution in [0.5, 0.6) is 11.5 Å². The summed E-state index contributed by atoms with van der Waals surface area (Å²) in [6, 6.07) is 10.6. The first-order chi connectivity index (χ1) is 12.4. The molecular formula is C20H23NO5. The van der Waals surface area contributed by atoms with Gasteiger partial charge in [0.1, 0.15) is 17.1 Å². The van der Waals surface area contributed by atoms with E-state index >= 15 is 0 Å². The molecule has 26 heavy (non-hydrogen) atoms. The number of anilines is 1. The third kappa shape index (κ3) is 4.33. The Morgan fingerprint density at radius 1 is 1.00 bits per heavy atom. The minimum Gasteiger partial charge on any atom is -0.496 e. The highest BCUT2D eigenvalue weighted by atomic mass is 16.6. The predicted octanol–water partition coefficient (Wildman–Crippen LogP) is 3.50. The summed E-state index contributed by atoms with van der Waals surface area (Å²) in [5.74, 6) is -0.477. The van der Waals surface area contributed by atoms with E-state index < -0.39 is 18.0 Å². The highest BCUT2D eigenvalue weighted by molar-refractivity contribution is 6.00. The molecule has 6 heteroatoms. The molecule has 0 bridgehead atoms. The molecule has 6 nitrogen and oxygen atoms in total. The molecule has 0 saturated heterocycles. The molecule has 1 atom stereocenters. The van der Waals surface area contributed by atoms with Crippen molar-refractivity contribution in [1.82, 2.24) is 0 Å². The summed E-state index contributed by atoms with van der Waals surface area (Å²) in [5.41, 5.74) is 2.86. The van der Waals surface area contributed by atoms with E-state index in [4.69, 9.17) is 14.2 Å². The van der Waals surface area contributed by atoms with E-state index in [1.54, 1.807) is 18.2 Å². The van der Waals surface area contributed by atoms with Crippen LogP contribution in [0.3, 0.4) is 0 Å². The molecule has 0 heterocycles. The van der Waals surface area contributed by atoms with Gasteiger partial charge < -0.3 is 19.5 Å². The minimum atomic E-state index is -0.988. The average molecular weight is 357 g/mol. The fourth-order valence-electron chi connectivity index (χ4n) is 2.51. The van der Waals surface area contributed by atoms with Crippen LogP contribution < -0.4 is 14.8 Å². The summed E-state index contributed by atoms with van der Waals surface area (Å²) >= 11 is 0. The smallest absolute Gasteiger partial charge is 0.346 e. The van der Waals surface area contributed by atoms with E-state index in [-0.39, 0.29) is 5.56 Å². The second-order valence-corrected chi connectivity index (χ2v) is 5.89. The molecule has 0 aliphatic carbocycles. The predicted molar refractivity (Wildman–Crippen MR) is 99.0 cm³/mol. The van der Waals surface area contributed by atoms with Crippen molar-refractivity contribution in [3.8, 4) is 11.5 Å². The monoisotopic (exact) mass is 357 g/mol. The number of hydrogen-bond acceptors (Lipinski definition) is 5. The number of methoxy groups -OCH3 is 2. The molecule has 0 radical (unpaired) electrons. The SMILES string of the molecule is COc1cccc(OC)c1C(=O)OC(C)C(=O)Nc1ccc(C)cc1C. The Morgan fingerprint density at radius 3 is 2.15 bits per heavy atom. The van der Waals surface area contributed by atoms with E-state index in [0.717, 1.165) is 11.1 Å². The number of esters is 1. The lowest BCUT2D eigenvalue weighted by molar-refractivity contribution is -0.123. The van der Waals surface area contributed by atoms with Crippen LogP contribution >= 0.6 is 0 Å². The van der Waals surface area contributed by atoms with Crippen LogP contribution in [0.15, 0.2) is 36.4 Å². The van der Waals surface area contributed by atoms with Gasteiger partial charge in [-0.2, -0.15) is 0 Å². The summed E-state index contributed by atoms with van der Waals surface area (Å²) in [7, 11) is 2.89. The van der Waals surface area contributed by atoms with Crippen molar-refractivity contribution >= 4 is 17.6 Å². The molecular weight excluding hydrogens is 334 g/mol. The van der Waals surface area contributed by atoms with Gasteiger partial charge in [0.2, 0.25) is 0 Å². The number of ether oxygens (including phenoxy) is 3. The van der Waals surface area contributed by atoms with Crippen molar-refractivity contribution in [3.63, 3.8) is 0 Å². The normalized spacial score (nSPS) is 11.4. The molecule has 0 saturated carbocycles. The molecule has 1 unspecified atom stereocenters. The maximum absolute atomic E-state index is 12.5. The largest absolute Gasteiger partial charge is 0.496 e. The fraction of sp³-hybridized carbons (Fsp3) is 0.300. The van der Waals surface area contributed by atoms with Gasteiger partial charge in [0, 0.05) is 5.69 Å².